The van der Waals surface area contributed by atoms with Crippen molar-refractivity contribution in [2.45, 2.75) is 56.9 Å². The maximum absolute atomic E-state index is 13.3. The van der Waals surface area contributed by atoms with Crippen LogP contribution in [0.15, 0.2) is 48.5 Å². The second-order valence-electron chi connectivity index (χ2n) is 8.41. The van der Waals surface area contributed by atoms with E-state index in [0.29, 0.717) is 19.3 Å². The van der Waals surface area contributed by atoms with Gasteiger partial charge in [0.15, 0.2) is 0 Å². The van der Waals surface area contributed by atoms with Crippen molar-refractivity contribution in [2.75, 3.05) is 6.61 Å². The molecule has 0 bridgehead atoms. The van der Waals surface area contributed by atoms with E-state index in [-0.39, 0.29) is 37.3 Å². The molecule has 5 heteroatoms. The molecule has 2 aromatic carbocycles. The number of nitrogens with one attached hydrogen (secondary N) is 1. The van der Waals surface area contributed by atoms with Gasteiger partial charge in [-0.1, -0.05) is 48.5 Å². The molecule has 3 nitrogen and oxygen atoms in total. The van der Waals surface area contributed by atoms with Crippen LogP contribution in [-0.4, -0.2) is 24.7 Å². The van der Waals surface area contributed by atoms with E-state index >= 15 is 0 Å². The van der Waals surface area contributed by atoms with Crippen LogP contribution >= 0.6 is 0 Å². The van der Waals surface area contributed by atoms with Crippen molar-refractivity contribution in [3.8, 4) is 11.1 Å². The number of alkyl halides is 2. The van der Waals surface area contributed by atoms with Gasteiger partial charge in [0.1, 0.15) is 6.61 Å². The SMILES string of the molecule is C[C@@H](CC1CCC(F)(F)CC1)NC(=O)OCC1c2ccccc2-c2ccccc21. The lowest BCUT2D eigenvalue weighted by Crippen LogP contribution is -2.36. The van der Waals surface area contributed by atoms with E-state index in [1.807, 2.05) is 31.2 Å². The molecule has 1 saturated carbocycles. The molecule has 0 saturated heterocycles. The lowest BCUT2D eigenvalue weighted by Gasteiger charge is -2.30. The Balaban J connectivity index is 1.31. The van der Waals surface area contributed by atoms with E-state index in [2.05, 4.69) is 29.6 Å². The summed E-state index contributed by atoms with van der Waals surface area (Å²) in [5.74, 6) is -2.25. The highest BCUT2D eigenvalue weighted by atomic mass is 19.3. The number of carbonyl (C=O) groups excluding carboxylic acids is 1. The first-order valence-electron chi connectivity index (χ1n) is 10.4. The average molecular weight is 399 g/mol. The lowest BCUT2D eigenvalue weighted by atomic mass is 9.83. The van der Waals surface area contributed by atoms with E-state index < -0.39 is 12.0 Å². The van der Waals surface area contributed by atoms with E-state index in [9.17, 15) is 13.6 Å². The van der Waals surface area contributed by atoms with Crippen LogP contribution in [0.3, 0.4) is 0 Å². The molecule has 0 unspecified atom stereocenters. The minimum atomic E-state index is -2.51. The Labute approximate surface area is 170 Å². The van der Waals surface area contributed by atoms with Gasteiger partial charge < -0.3 is 10.1 Å². The zero-order valence-corrected chi connectivity index (χ0v) is 16.7. The Morgan fingerprint density at radius 2 is 1.62 bits per heavy atom. The summed E-state index contributed by atoms with van der Waals surface area (Å²) in [4.78, 5) is 12.3. The number of rotatable bonds is 5. The van der Waals surface area contributed by atoms with Crippen LogP contribution in [-0.2, 0) is 4.74 Å². The molecular weight excluding hydrogens is 372 g/mol. The predicted molar refractivity (Wildman–Crippen MR) is 109 cm³/mol. The van der Waals surface area contributed by atoms with Crippen LogP contribution in [0.2, 0.25) is 0 Å². The third kappa shape index (κ3) is 4.44. The summed E-state index contributed by atoms with van der Waals surface area (Å²) in [6, 6.07) is 16.3. The Bertz CT molecular complexity index is 827. The summed E-state index contributed by atoms with van der Waals surface area (Å²) in [5.41, 5.74) is 4.74. The minimum Gasteiger partial charge on any atom is -0.449 e. The first-order valence-corrected chi connectivity index (χ1v) is 10.4. The van der Waals surface area contributed by atoms with E-state index in [4.69, 9.17) is 4.74 Å². The van der Waals surface area contributed by atoms with Gasteiger partial charge in [-0.2, -0.15) is 0 Å². The molecule has 2 aromatic rings. The molecule has 2 aliphatic rings. The number of fused-ring (bicyclic) bond motifs is 3. The summed E-state index contributed by atoms with van der Waals surface area (Å²) in [7, 11) is 0. The smallest absolute Gasteiger partial charge is 0.407 e. The van der Waals surface area contributed by atoms with Crippen molar-refractivity contribution in [1.29, 1.82) is 0 Å². The Hall–Kier alpha value is -2.43. The van der Waals surface area contributed by atoms with Gasteiger partial charge in [-0.05, 0) is 54.4 Å². The maximum Gasteiger partial charge on any atom is 0.407 e. The van der Waals surface area contributed by atoms with Crippen LogP contribution in [0.4, 0.5) is 13.6 Å². The summed E-state index contributed by atoms with van der Waals surface area (Å²) in [6.07, 6.45) is 1.21. The van der Waals surface area contributed by atoms with Gasteiger partial charge in [-0.15, -0.1) is 0 Å². The summed E-state index contributed by atoms with van der Waals surface area (Å²) in [5, 5.41) is 2.87. The fourth-order valence-corrected chi connectivity index (χ4v) is 4.74. The zero-order valence-electron chi connectivity index (χ0n) is 16.7. The van der Waals surface area contributed by atoms with Gasteiger partial charge in [0.05, 0.1) is 0 Å². The van der Waals surface area contributed by atoms with Gasteiger partial charge in [0.25, 0.3) is 0 Å². The van der Waals surface area contributed by atoms with Crippen molar-refractivity contribution >= 4 is 6.09 Å². The molecule has 1 N–H and O–H groups in total. The van der Waals surface area contributed by atoms with Gasteiger partial charge in [-0.25, -0.2) is 13.6 Å². The Kier molecular flexibility index (Phi) is 5.57. The molecule has 1 amide bonds. The number of hydrogen-bond acceptors (Lipinski definition) is 2. The molecule has 1 atom stereocenters. The molecule has 0 heterocycles. The molecule has 29 heavy (non-hydrogen) atoms. The fraction of sp³-hybridized carbons (Fsp3) is 0.458. The highest BCUT2D eigenvalue weighted by Gasteiger charge is 2.35. The number of carbonyl (C=O) groups is 1. The molecule has 0 aromatic heterocycles. The highest BCUT2D eigenvalue weighted by molar-refractivity contribution is 5.79. The number of amides is 1. The molecule has 4 rings (SSSR count). The number of benzene rings is 2. The molecule has 0 spiro atoms. The largest absolute Gasteiger partial charge is 0.449 e. The molecule has 154 valence electrons. The number of alkyl carbamates (subject to hydrolysis) is 1. The van der Waals surface area contributed by atoms with E-state index in [0.717, 1.165) is 0 Å². The van der Waals surface area contributed by atoms with Gasteiger partial charge >= 0.3 is 6.09 Å². The van der Waals surface area contributed by atoms with Crippen molar-refractivity contribution in [3.05, 3.63) is 59.7 Å². The van der Waals surface area contributed by atoms with E-state index in [1.54, 1.807) is 0 Å². The Morgan fingerprint density at radius 3 is 2.21 bits per heavy atom. The topological polar surface area (TPSA) is 38.3 Å². The van der Waals surface area contributed by atoms with Crippen molar-refractivity contribution < 1.29 is 18.3 Å². The zero-order chi connectivity index (χ0) is 20.4. The second-order valence-corrected chi connectivity index (χ2v) is 8.41. The molecule has 0 aliphatic heterocycles. The fourth-order valence-electron chi connectivity index (χ4n) is 4.74. The van der Waals surface area contributed by atoms with Crippen molar-refractivity contribution in [3.63, 3.8) is 0 Å². The number of ether oxygens (including phenoxy) is 1. The highest BCUT2D eigenvalue weighted by Crippen LogP contribution is 2.44. The molecule has 2 aliphatic carbocycles. The maximum atomic E-state index is 13.3. The summed E-state index contributed by atoms with van der Waals surface area (Å²) in [6.45, 7) is 2.19. The first-order chi connectivity index (χ1) is 13.9. The molecular formula is C24H27F2NO2. The van der Waals surface area contributed by atoms with Crippen molar-refractivity contribution in [1.82, 2.24) is 5.32 Å². The predicted octanol–water partition coefficient (Wildman–Crippen LogP) is 6.13. The van der Waals surface area contributed by atoms with Gasteiger partial charge in [0.2, 0.25) is 5.92 Å². The van der Waals surface area contributed by atoms with Crippen LogP contribution in [0, 0.1) is 5.92 Å². The van der Waals surface area contributed by atoms with Crippen LogP contribution in [0.25, 0.3) is 11.1 Å². The Morgan fingerprint density at radius 1 is 1.07 bits per heavy atom. The van der Waals surface area contributed by atoms with Gasteiger partial charge in [0, 0.05) is 24.8 Å². The lowest BCUT2D eigenvalue weighted by molar-refractivity contribution is -0.0472. The first kappa shape index (κ1) is 19.9. The van der Waals surface area contributed by atoms with E-state index in [1.165, 1.54) is 22.3 Å². The monoisotopic (exact) mass is 399 g/mol. The average Bonchev–Trinajstić information content (AvgIpc) is 3.02. The van der Waals surface area contributed by atoms with Crippen LogP contribution in [0.1, 0.15) is 56.1 Å². The summed E-state index contributed by atoms with van der Waals surface area (Å²) < 4.78 is 32.2. The molecule has 1 fully saturated rings. The summed E-state index contributed by atoms with van der Waals surface area (Å²) >= 11 is 0. The number of hydrogen-bond donors (Lipinski definition) is 1. The normalized spacial score (nSPS) is 19.3. The minimum absolute atomic E-state index is 0.0315. The third-order valence-electron chi connectivity index (χ3n) is 6.23. The van der Waals surface area contributed by atoms with Crippen molar-refractivity contribution in [2.24, 2.45) is 5.92 Å². The second kappa shape index (κ2) is 8.13. The van der Waals surface area contributed by atoms with Crippen LogP contribution in [0.5, 0.6) is 0 Å². The molecule has 0 radical (unpaired) electrons. The van der Waals surface area contributed by atoms with Gasteiger partial charge in [-0.3, -0.25) is 0 Å². The van der Waals surface area contributed by atoms with Crippen LogP contribution < -0.4 is 5.32 Å². The number of halogens is 2. The standard InChI is InChI=1S/C24H27F2NO2/c1-16(14-17-10-12-24(25,26)13-11-17)27-23(28)29-15-22-20-8-4-2-6-18(20)19-7-3-5-9-21(19)22/h2-9,16-17,22H,10-15H2,1H3,(H,27,28)/t16-/m0/s1. The third-order valence-corrected chi connectivity index (χ3v) is 6.23. The quantitative estimate of drug-likeness (QED) is 0.657.